The van der Waals surface area contributed by atoms with Crippen molar-refractivity contribution in [2.75, 3.05) is 24.7 Å². The van der Waals surface area contributed by atoms with Gasteiger partial charge < -0.3 is 10.1 Å². The molecule has 0 bridgehead atoms. The third-order valence-corrected chi connectivity index (χ3v) is 4.66. The minimum atomic E-state index is -3.67. The molecular formula is C13H18N2O5S. The highest BCUT2D eigenvalue weighted by Gasteiger charge is 2.31. The molecule has 1 unspecified atom stereocenters. The summed E-state index contributed by atoms with van der Waals surface area (Å²) >= 11 is 0. The van der Waals surface area contributed by atoms with Gasteiger partial charge in [-0.2, -0.15) is 0 Å². The summed E-state index contributed by atoms with van der Waals surface area (Å²) < 4.78 is 29.0. The van der Waals surface area contributed by atoms with Crippen LogP contribution in [0, 0.1) is 10.1 Å². The zero-order valence-electron chi connectivity index (χ0n) is 12.0. The van der Waals surface area contributed by atoms with Crippen molar-refractivity contribution in [2.45, 2.75) is 30.3 Å². The van der Waals surface area contributed by atoms with Crippen molar-refractivity contribution < 1.29 is 18.1 Å². The molecule has 1 aromatic rings. The lowest BCUT2D eigenvalue weighted by molar-refractivity contribution is -0.386. The van der Waals surface area contributed by atoms with Crippen LogP contribution >= 0.6 is 0 Å². The minimum absolute atomic E-state index is 0.194. The number of anilines is 1. The zero-order valence-corrected chi connectivity index (χ0v) is 12.8. The maximum atomic E-state index is 11.7. The largest absolute Gasteiger partial charge is 0.377 e. The van der Waals surface area contributed by atoms with Gasteiger partial charge in [0.2, 0.25) is 0 Å². The second-order valence-corrected chi connectivity index (χ2v) is 7.42. The summed E-state index contributed by atoms with van der Waals surface area (Å²) in [7, 11) is -3.67. The number of nitro groups is 1. The minimum Gasteiger partial charge on any atom is -0.377 e. The van der Waals surface area contributed by atoms with E-state index in [1.54, 1.807) is 0 Å². The van der Waals surface area contributed by atoms with Crippen molar-refractivity contribution in [1.29, 1.82) is 0 Å². The van der Waals surface area contributed by atoms with Crippen molar-refractivity contribution in [1.82, 2.24) is 0 Å². The van der Waals surface area contributed by atoms with E-state index in [2.05, 4.69) is 5.32 Å². The Morgan fingerprint density at radius 2 is 2.19 bits per heavy atom. The number of para-hydroxylation sites is 1. The highest BCUT2D eigenvalue weighted by Crippen LogP contribution is 2.33. The Labute approximate surface area is 123 Å². The van der Waals surface area contributed by atoms with Crippen LogP contribution < -0.4 is 5.32 Å². The summed E-state index contributed by atoms with van der Waals surface area (Å²) in [6.07, 6.45) is 2.77. The van der Waals surface area contributed by atoms with Gasteiger partial charge in [0.05, 0.1) is 10.5 Å². The van der Waals surface area contributed by atoms with Crippen LogP contribution in [0.25, 0.3) is 0 Å². The molecule has 2 rings (SSSR count). The van der Waals surface area contributed by atoms with Crippen molar-refractivity contribution in [3.63, 3.8) is 0 Å². The molecule has 0 spiro atoms. The summed E-state index contributed by atoms with van der Waals surface area (Å²) in [5.41, 5.74) is -0.601. The number of hydrogen-bond acceptors (Lipinski definition) is 6. The van der Waals surface area contributed by atoms with Crippen LogP contribution in [0.15, 0.2) is 23.1 Å². The molecule has 1 fully saturated rings. The summed E-state index contributed by atoms with van der Waals surface area (Å²) in [4.78, 5) is 10.3. The standard InChI is InChI=1S/C13H18N2O5S/c1-13(7-4-8-20-13)9-14-10-5-3-6-11(21(2,18)19)12(10)15(16)17/h3,5-6,14H,4,7-9H2,1-2H3. The van der Waals surface area contributed by atoms with Gasteiger partial charge in [-0.3, -0.25) is 10.1 Å². The summed E-state index contributed by atoms with van der Waals surface area (Å²) in [6.45, 7) is 2.99. The van der Waals surface area contributed by atoms with Crippen LogP contribution in [0.1, 0.15) is 19.8 Å². The summed E-state index contributed by atoms with van der Waals surface area (Å²) in [5.74, 6) is 0. The number of sulfone groups is 1. The van der Waals surface area contributed by atoms with Gasteiger partial charge in [-0.1, -0.05) is 6.07 Å². The number of nitro benzene ring substituents is 1. The monoisotopic (exact) mass is 314 g/mol. The fourth-order valence-electron chi connectivity index (χ4n) is 2.41. The van der Waals surface area contributed by atoms with Crippen molar-refractivity contribution in [3.05, 3.63) is 28.3 Å². The molecule has 7 nitrogen and oxygen atoms in total. The Bertz CT molecular complexity index is 651. The zero-order chi connectivity index (χ0) is 15.7. The summed E-state index contributed by atoms with van der Waals surface area (Å²) in [5, 5.41) is 14.2. The van der Waals surface area contributed by atoms with E-state index in [9.17, 15) is 18.5 Å². The third kappa shape index (κ3) is 3.51. The molecule has 1 atom stereocenters. The van der Waals surface area contributed by atoms with E-state index < -0.39 is 20.4 Å². The average molecular weight is 314 g/mol. The molecule has 0 amide bonds. The first-order chi connectivity index (χ1) is 9.73. The maximum absolute atomic E-state index is 11.7. The molecule has 1 aliphatic heterocycles. The first-order valence-electron chi connectivity index (χ1n) is 6.58. The number of hydrogen-bond donors (Lipinski definition) is 1. The fraction of sp³-hybridized carbons (Fsp3) is 0.538. The SMILES string of the molecule is CC1(CNc2cccc(S(C)(=O)=O)c2[N+](=O)[O-])CCCO1. The lowest BCUT2D eigenvalue weighted by Crippen LogP contribution is -2.32. The molecule has 0 radical (unpaired) electrons. The van der Waals surface area contributed by atoms with E-state index in [0.29, 0.717) is 13.2 Å². The molecule has 1 aromatic carbocycles. The first kappa shape index (κ1) is 15.7. The molecular weight excluding hydrogens is 296 g/mol. The topological polar surface area (TPSA) is 98.5 Å². The maximum Gasteiger partial charge on any atom is 0.310 e. The van der Waals surface area contributed by atoms with Crippen LogP contribution in [0.3, 0.4) is 0 Å². The van der Waals surface area contributed by atoms with E-state index in [-0.39, 0.29) is 16.2 Å². The highest BCUT2D eigenvalue weighted by atomic mass is 32.2. The van der Waals surface area contributed by atoms with Gasteiger partial charge >= 0.3 is 5.69 Å². The molecule has 116 valence electrons. The van der Waals surface area contributed by atoms with Gasteiger partial charge in [0, 0.05) is 19.4 Å². The first-order valence-corrected chi connectivity index (χ1v) is 8.47. The molecule has 0 aromatic heterocycles. The number of ether oxygens (including phenoxy) is 1. The van der Waals surface area contributed by atoms with Gasteiger partial charge in [-0.05, 0) is 31.9 Å². The lowest BCUT2D eigenvalue weighted by atomic mass is 10.0. The van der Waals surface area contributed by atoms with E-state index >= 15 is 0 Å². The molecule has 1 N–H and O–H groups in total. The van der Waals surface area contributed by atoms with Crippen LogP contribution in [0.4, 0.5) is 11.4 Å². The predicted octanol–water partition coefficient (Wildman–Crippen LogP) is 1.98. The number of benzene rings is 1. The van der Waals surface area contributed by atoms with Crippen molar-refractivity contribution in [2.24, 2.45) is 0 Å². The smallest absolute Gasteiger partial charge is 0.310 e. The van der Waals surface area contributed by atoms with E-state index in [0.717, 1.165) is 19.1 Å². The Hall–Kier alpha value is -1.67. The second-order valence-electron chi connectivity index (χ2n) is 5.44. The number of rotatable bonds is 5. The van der Waals surface area contributed by atoms with Gasteiger partial charge in [0.15, 0.2) is 9.84 Å². The molecule has 1 aliphatic rings. The van der Waals surface area contributed by atoms with Crippen LogP contribution in [0.2, 0.25) is 0 Å². The van der Waals surface area contributed by atoms with E-state index in [1.165, 1.54) is 18.2 Å². The number of nitrogens with one attached hydrogen (secondary N) is 1. The average Bonchev–Trinajstić information content (AvgIpc) is 2.82. The van der Waals surface area contributed by atoms with Crippen LogP contribution in [-0.2, 0) is 14.6 Å². The molecule has 8 heteroatoms. The van der Waals surface area contributed by atoms with Gasteiger partial charge in [-0.25, -0.2) is 8.42 Å². The second kappa shape index (κ2) is 5.61. The highest BCUT2D eigenvalue weighted by molar-refractivity contribution is 7.90. The van der Waals surface area contributed by atoms with Gasteiger partial charge in [0.1, 0.15) is 10.6 Å². The Morgan fingerprint density at radius 3 is 2.71 bits per heavy atom. The van der Waals surface area contributed by atoms with Crippen LogP contribution in [0.5, 0.6) is 0 Å². The molecule has 1 saturated heterocycles. The van der Waals surface area contributed by atoms with Crippen molar-refractivity contribution in [3.8, 4) is 0 Å². The fourth-order valence-corrected chi connectivity index (χ4v) is 3.27. The lowest BCUT2D eigenvalue weighted by Gasteiger charge is -2.24. The van der Waals surface area contributed by atoms with Gasteiger partial charge in [-0.15, -0.1) is 0 Å². The van der Waals surface area contributed by atoms with Crippen molar-refractivity contribution >= 4 is 21.2 Å². The molecule has 0 aliphatic carbocycles. The molecule has 21 heavy (non-hydrogen) atoms. The normalized spacial score (nSPS) is 22.2. The molecule has 0 saturated carbocycles. The van der Waals surface area contributed by atoms with E-state index in [4.69, 9.17) is 4.74 Å². The van der Waals surface area contributed by atoms with Crippen LogP contribution in [-0.4, -0.2) is 38.3 Å². The molecule has 1 heterocycles. The summed E-state index contributed by atoms with van der Waals surface area (Å²) in [6, 6.07) is 4.24. The Morgan fingerprint density at radius 1 is 1.48 bits per heavy atom. The Balaban J connectivity index is 2.33. The Kier molecular flexibility index (Phi) is 4.20. The van der Waals surface area contributed by atoms with Gasteiger partial charge in [0.25, 0.3) is 0 Å². The third-order valence-electron chi connectivity index (χ3n) is 3.53. The number of nitrogens with zero attached hydrogens (tertiary/aromatic N) is 1. The predicted molar refractivity (Wildman–Crippen MR) is 78.3 cm³/mol. The van der Waals surface area contributed by atoms with E-state index in [1.807, 2.05) is 6.92 Å². The quantitative estimate of drug-likeness (QED) is 0.659.